The zero-order valence-electron chi connectivity index (χ0n) is 15.6. The summed E-state index contributed by atoms with van der Waals surface area (Å²) in [5.74, 6) is 1.12. The molecule has 1 saturated heterocycles. The van der Waals surface area contributed by atoms with E-state index in [9.17, 15) is 0 Å². The third-order valence-electron chi connectivity index (χ3n) is 6.29. The number of aromatic nitrogens is 4. The van der Waals surface area contributed by atoms with Gasteiger partial charge in [-0.25, -0.2) is 9.97 Å². The standard InChI is InChI=1S/C20H28N6/c1-24-19(17-3-2-4-18(17)23-24)13-25-11-8-16(9-12-25)26(15-5-6-15)20-7-10-21-14-22-20/h7,10,14-16H,2-6,8-9,11-13H2,1H3. The van der Waals surface area contributed by atoms with Crippen LogP contribution in [0.4, 0.5) is 5.82 Å². The Balaban J connectivity index is 1.25. The van der Waals surface area contributed by atoms with E-state index in [-0.39, 0.29) is 0 Å². The predicted molar refractivity (Wildman–Crippen MR) is 101 cm³/mol. The molecule has 2 aromatic heterocycles. The Hall–Kier alpha value is -1.95. The highest BCUT2D eigenvalue weighted by molar-refractivity contribution is 5.41. The molecule has 0 bridgehead atoms. The first-order valence-electron chi connectivity index (χ1n) is 10.1. The number of hydrogen-bond donors (Lipinski definition) is 0. The first kappa shape index (κ1) is 16.2. The maximum atomic E-state index is 4.74. The third-order valence-corrected chi connectivity index (χ3v) is 6.29. The van der Waals surface area contributed by atoms with Crippen LogP contribution in [0, 0.1) is 0 Å². The summed E-state index contributed by atoms with van der Waals surface area (Å²) in [5.41, 5.74) is 4.34. The SMILES string of the molecule is Cn1nc2c(c1CN1CCC(N(c3ccncn3)C3CC3)CC1)CCC2. The van der Waals surface area contributed by atoms with Crippen LogP contribution in [0.15, 0.2) is 18.6 Å². The number of likely N-dealkylation sites (tertiary alicyclic amines) is 1. The highest BCUT2D eigenvalue weighted by atomic mass is 15.3. The largest absolute Gasteiger partial charge is 0.350 e. The molecule has 5 rings (SSSR count). The van der Waals surface area contributed by atoms with Gasteiger partial charge in [-0.15, -0.1) is 0 Å². The van der Waals surface area contributed by atoms with Crippen LogP contribution in [0.3, 0.4) is 0 Å². The van der Waals surface area contributed by atoms with Crippen molar-refractivity contribution in [1.29, 1.82) is 0 Å². The number of fused-ring (bicyclic) bond motifs is 1. The third kappa shape index (κ3) is 3.00. The summed E-state index contributed by atoms with van der Waals surface area (Å²) < 4.78 is 2.13. The Morgan fingerprint density at radius 1 is 1.12 bits per heavy atom. The minimum atomic E-state index is 0.617. The Kier molecular flexibility index (Phi) is 4.15. The lowest BCUT2D eigenvalue weighted by Gasteiger charge is -2.39. The minimum absolute atomic E-state index is 0.617. The highest BCUT2D eigenvalue weighted by Gasteiger charge is 2.36. The molecule has 138 valence electrons. The second-order valence-electron chi connectivity index (χ2n) is 8.06. The molecule has 1 aliphatic heterocycles. The molecule has 6 heteroatoms. The van der Waals surface area contributed by atoms with E-state index in [2.05, 4.69) is 37.6 Å². The Bertz CT molecular complexity index is 758. The van der Waals surface area contributed by atoms with Gasteiger partial charge in [0.15, 0.2) is 0 Å². The number of aryl methyl sites for hydroxylation is 2. The second kappa shape index (κ2) is 6.65. The Morgan fingerprint density at radius 2 is 1.92 bits per heavy atom. The average molecular weight is 352 g/mol. The van der Waals surface area contributed by atoms with E-state index in [0.717, 1.165) is 12.4 Å². The van der Waals surface area contributed by atoms with E-state index in [1.165, 1.54) is 75.0 Å². The molecule has 2 aromatic rings. The lowest BCUT2D eigenvalue weighted by atomic mass is 10.0. The van der Waals surface area contributed by atoms with Gasteiger partial charge in [0, 0.05) is 45.0 Å². The number of nitrogens with zero attached hydrogens (tertiary/aromatic N) is 6. The molecule has 0 aromatic carbocycles. The Morgan fingerprint density at radius 3 is 2.65 bits per heavy atom. The molecular weight excluding hydrogens is 324 g/mol. The van der Waals surface area contributed by atoms with Gasteiger partial charge >= 0.3 is 0 Å². The average Bonchev–Trinajstić information content (AvgIpc) is 3.32. The van der Waals surface area contributed by atoms with Crippen LogP contribution in [0.5, 0.6) is 0 Å². The van der Waals surface area contributed by atoms with Crippen molar-refractivity contribution >= 4 is 5.82 Å². The Labute approximate surface area is 155 Å². The summed E-state index contributed by atoms with van der Waals surface area (Å²) in [5, 5.41) is 4.74. The topological polar surface area (TPSA) is 50.1 Å². The van der Waals surface area contributed by atoms with E-state index in [1.54, 1.807) is 6.33 Å². The summed E-state index contributed by atoms with van der Waals surface area (Å²) in [6, 6.07) is 3.39. The molecule has 0 N–H and O–H groups in total. The zero-order valence-corrected chi connectivity index (χ0v) is 15.6. The van der Waals surface area contributed by atoms with Crippen LogP contribution < -0.4 is 4.90 Å². The summed E-state index contributed by atoms with van der Waals surface area (Å²) in [6.07, 6.45) is 12.3. The van der Waals surface area contributed by atoms with Gasteiger partial charge < -0.3 is 4.90 Å². The van der Waals surface area contributed by atoms with E-state index in [1.807, 2.05) is 6.20 Å². The van der Waals surface area contributed by atoms with Crippen LogP contribution in [0.2, 0.25) is 0 Å². The van der Waals surface area contributed by atoms with E-state index >= 15 is 0 Å². The van der Waals surface area contributed by atoms with Gasteiger partial charge in [-0.1, -0.05) is 0 Å². The van der Waals surface area contributed by atoms with Crippen LogP contribution >= 0.6 is 0 Å². The zero-order chi connectivity index (χ0) is 17.5. The summed E-state index contributed by atoms with van der Waals surface area (Å²) in [6.45, 7) is 3.39. The molecule has 2 aliphatic carbocycles. The maximum absolute atomic E-state index is 4.74. The minimum Gasteiger partial charge on any atom is -0.350 e. The second-order valence-corrected chi connectivity index (χ2v) is 8.06. The van der Waals surface area contributed by atoms with Gasteiger partial charge in [0.1, 0.15) is 12.1 Å². The number of hydrogen-bond acceptors (Lipinski definition) is 5. The molecule has 3 aliphatic rings. The van der Waals surface area contributed by atoms with Crippen LogP contribution in [-0.2, 0) is 26.4 Å². The van der Waals surface area contributed by atoms with Gasteiger partial charge in [0.2, 0.25) is 0 Å². The quantitative estimate of drug-likeness (QED) is 0.827. The van der Waals surface area contributed by atoms with Crippen molar-refractivity contribution in [3.63, 3.8) is 0 Å². The van der Waals surface area contributed by atoms with E-state index < -0.39 is 0 Å². The predicted octanol–water partition coefficient (Wildman–Crippen LogP) is 2.33. The molecule has 0 spiro atoms. The monoisotopic (exact) mass is 352 g/mol. The molecule has 6 nitrogen and oxygen atoms in total. The van der Waals surface area contributed by atoms with Gasteiger partial charge in [-0.3, -0.25) is 9.58 Å². The highest BCUT2D eigenvalue weighted by Crippen LogP contribution is 2.35. The molecule has 0 atom stereocenters. The fourth-order valence-corrected chi connectivity index (χ4v) is 4.81. The first-order valence-corrected chi connectivity index (χ1v) is 10.1. The number of anilines is 1. The lowest BCUT2D eigenvalue weighted by Crippen LogP contribution is -2.46. The number of piperidine rings is 1. The molecule has 1 saturated carbocycles. The van der Waals surface area contributed by atoms with Gasteiger partial charge in [0.25, 0.3) is 0 Å². The van der Waals surface area contributed by atoms with Gasteiger partial charge in [0.05, 0.1) is 11.4 Å². The van der Waals surface area contributed by atoms with Crippen molar-refractivity contribution in [2.75, 3.05) is 18.0 Å². The van der Waals surface area contributed by atoms with Gasteiger partial charge in [-0.05, 0) is 56.6 Å². The molecule has 0 amide bonds. The van der Waals surface area contributed by atoms with Crippen LogP contribution in [0.1, 0.15) is 49.1 Å². The molecule has 0 unspecified atom stereocenters. The fraction of sp³-hybridized carbons (Fsp3) is 0.650. The lowest BCUT2D eigenvalue weighted by molar-refractivity contribution is 0.195. The molecule has 2 fully saturated rings. The van der Waals surface area contributed by atoms with Crippen LogP contribution in [-0.4, -0.2) is 49.8 Å². The summed E-state index contributed by atoms with van der Waals surface area (Å²) in [4.78, 5) is 13.8. The fourth-order valence-electron chi connectivity index (χ4n) is 4.81. The number of rotatable bonds is 5. The van der Waals surface area contributed by atoms with Gasteiger partial charge in [-0.2, -0.15) is 5.10 Å². The normalized spacial score (nSPS) is 21.1. The summed E-state index contributed by atoms with van der Waals surface area (Å²) in [7, 11) is 2.12. The maximum Gasteiger partial charge on any atom is 0.132 e. The first-order chi connectivity index (χ1) is 12.8. The van der Waals surface area contributed by atoms with Crippen molar-refractivity contribution in [1.82, 2.24) is 24.6 Å². The molecule has 3 heterocycles. The van der Waals surface area contributed by atoms with Crippen molar-refractivity contribution in [2.24, 2.45) is 7.05 Å². The van der Waals surface area contributed by atoms with Crippen molar-refractivity contribution < 1.29 is 0 Å². The van der Waals surface area contributed by atoms with Crippen molar-refractivity contribution in [2.45, 2.75) is 63.6 Å². The van der Waals surface area contributed by atoms with E-state index in [0.29, 0.717) is 12.1 Å². The van der Waals surface area contributed by atoms with E-state index in [4.69, 9.17) is 5.10 Å². The van der Waals surface area contributed by atoms with Crippen molar-refractivity contribution in [3.05, 3.63) is 35.5 Å². The molecule has 0 radical (unpaired) electrons. The molecule has 26 heavy (non-hydrogen) atoms. The van der Waals surface area contributed by atoms with Crippen LogP contribution in [0.25, 0.3) is 0 Å². The summed E-state index contributed by atoms with van der Waals surface area (Å²) >= 11 is 0. The molecular formula is C20H28N6. The smallest absolute Gasteiger partial charge is 0.132 e. The van der Waals surface area contributed by atoms with Crippen molar-refractivity contribution in [3.8, 4) is 0 Å².